The molecule has 0 saturated carbocycles. The van der Waals surface area contributed by atoms with Crippen molar-refractivity contribution in [1.29, 1.82) is 5.26 Å². The van der Waals surface area contributed by atoms with Gasteiger partial charge in [0.05, 0.1) is 34.2 Å². The van der Waals surface area contributed by atoms with E-state index in [1.807, 2.05) is 42.5 Å². The lowest BCUT2D eigenvalue weighted by molar-refractivity contribution is 1.18. The van der Waals surface area contributed by atoms with Crippen LogP contribution in [0.25, 0.3) is 82.1 Å². The van der Waals surface area contributed by atoms with E-state index in [1.54, 1.807) is 0 Å². The molecule has 0 unspecified atom stereocenters. The van der Waals surface area contributed by atoms with Crippen molar-refractivity contribution in [3.63, 3.8) is 0 Å². The molecule has 0 spiro atoms. The average Bonchev–Trinajstić information content (AvgIpc) is 3.68. The lowest BCUT2D eigenvalue weighted by Gasteiger charge is -2.18. The van der Waals surface area contributed by atoms with Crippen LogP contribution in [0.2, 0.25) is 0 Å². The molecule has 4 heteroatoms. The normalized spacial score (nSPS) is 11.3. The first-order chi connectivity index (χ1) is 23.7. The summed E-state index contributed by atoms with van der Waals surface area (Å²) in [6.07, 6.45) is 0. The number of para-hydroxylation sites is 4. The monoisotopic (exact) mass is 610 g/mol. The summed E-state index contributed by atoms with van der Waals surface area (Å²) in [5.41, 5.74) is 11.5. The molecule has 7 aromatic carbocycles. The van der Waals surface area contributed by atoms with Crippen LogP contribution in [0, 0.1) is 17.9 Å². The van der Waals surface area contributed by atoms with Gasteiger partial charge in [-0.1, -0.05) is 115 Å². The molecule has 0 bridgehead atoms. The summed E-state index contributed by atoms with van der Waals surface area (Å²) in [7, 11) is 0. The highest BCUT2D eigenvalue weighted by Gasteiger charge is 2.20. The smallest absolute Gasteiger partial charge is 0.189 e. The SMILES string of the molecule is [C-]#[N+]c1ccc(-c2ccccc2-c2cccc(-n3c4ccccc4c4ccccc43)c2)c(-n2c3ccccc3c3cccc(C#N)c32)c1. The molecule has 0 fully saturated rings. The molecule has 9 rings (SSSR count). The summed E-state index contributed by atoms with van der Waals surface area (Å²) >= 11 is 0. The van der Waals surface area contributed by atoms with E-state index in [4.69, 9.17) is 6.57 Å². The molecule has 4 nitrogen and oxygen atoms in total. The maximum Gasteiger partial charge on any atom is 0.189 e. The summed E-state index contributed by atoms with van der Waals surface area (Å²) in [5, 5.41) is 14.8. The van der Waals surface area contributed by atoms with Crippen molar-refractivity contribution in [1.82, 2.24) is 9.13 Å². The predicted octanol–water partition coefficient (Wildman–Crippen LogP) is 11.6. The van der Waals surface area contributed by atoms with Gasteiger partial charge in [0.2, 0.25) is 0 Å². The third kappa shape index (κ3) is 4.07. The van der Waals surface area contributed by atoms with Gasteiger partial charge < -0.3 is 9.13 Å². The van der Waals surface area contributed by atoms with Crippen molar-refractivity contribution < 1.29 is 0 Å². The number of benzene rings is 7. The summed E-state index contributed by atoms with van der Waals surface area (Å²) in [4.78, 5) is 3.82. The van der Waals surface area contributed by atoms with Crippen LogP contribution in [0.3, 0.4) is 0 Å². The van der Waals surface area contributed by atoms with Crippen molar-refractivity contribution >= 4 is 49.3 Å². The molecule has 0 amide bonds. The highest BCUT2D eigenvalue weighted by atomic mass is 15.0. The average molecular weight is 611 g/mol. The molecular formula is C44H26N4. The second kappa shape index (κ2) is 10.9. The van der Waals surface area contributed by atoms with Gasteiger partial charge in [-0.15, -0.1) is 0 Å². The van der Waals surface area contributed by atoms with Crippen molar-refractivity contribution in [2.75, 3.05) is 0 Å². The van der Waals surface area contributed by atoms with Gasteiger partial charge in [0.15, 0.2) is 5.69 Å². The number of nitriles is 1. The Bertz CT molecular complexity index is 2760. The summed E-state index contributed by atoms with van der Waals surface area (Å²) < 4.78 is 4.51. The standard InChI is InChI=1S/C44H26N4/c1-46-31-24-25-38(43(27-31)48-42-23-9-6-19-37(42)39-20-11-13-30(28-45)44(39)48)34-16-3-2-15-33(34)29-12-10-14-32(26-29)47-40-21-7-4-17-35(40)36-18-5-8-22-41(36)47/h2-27H. The van der Waals surface area contributed by atoms with Crippen LogP contribution < -0.4 is 0 Å². The Kier molecular flexibility index (Phi) is 6.22. The van der Waals surface area contributed by atoms with Gasteiger partial charge in [0.1, 0.15) is 6.07 Å². The van der Waals surface area contributed by atoms with Crippen molar-refractivity contribution in [2.45, 2.75) is 0 Å². The van der Waals surface area contributed by atoms with Crippen LogP contribution >= 0.6 is 0 Å². The first-order valence-corrected chi connectivity index (χ1v) is 15.9. The number of fused-ring (bicyclic) bond motifs is 6. The van der Waals surface area contributed by atoms with Gasteiger partial charge in [-0.2, -0.15) is 5.26 Å². The molecule has 0 N–H and O–H groups in total. The van der Waals surface area contributed by atoms with Crippen molar-refractivity contribution in [2.24, 2.45) is 0 Å². The Morgan fingerprint density at radius 3 is 1.77 bits per heavy atom. The second-order valence-corrected chi connectivity index (χ2v) is 11.9. The van der Waals surface area contributed by atoms with Crippen LogP contribution in [0.4, 0.5) is 5.69 Å². The molecule has 0 radical (unpaired) electrons. The van der Waals surface area contributed by atoms with Gasteiger partial charge in [0.25, 0.3) is 0 Å². The molecule has 2 heterocycles. The van der Waals surface area contributed by atoms with Crippen LogP contribution in [-0.4, -0.2) is 9.13 Å². The molecule has 0 atom stereocenters. The lowest BCUT2D eigenvalue weighted by Crippen LogP contribution is -1.99. The quantitative estimate of drug-likeness (QED) is 0.183. The van der Waals surface area contributed by atoms with E-state index in [2.05, 4.69) is 135 Å². The molecule has 222 valence electrons. The van der Waals surface area contributed by atoms with E-state index in [0.29, 0.717) is 11.3 Å². The van der Waals surface area contributed by atoms with Crippen LogP contribution in [-0.2, 0) is 0 Å². The molecule has 0 saturated heterocycles. The minimum absolute atomic E-state index is 0.542. The van der Waals surface area contributed by atoms with Gasteiger partial charge in [-0.05, 0) is 59.2 Å². The predicted molar refractivity (Wildman–Crippen MR) is 197 cm³/mol. The Labute approximate surface area is 277 Å². The minimum Gasteiger partial charge on any atom is -0.309 e. The van der Waals surface area contributed by atoms with Gasteiger partial charge in [-0.3, -0.25) is 0 Å². The van der Waals surface area contributed by atoms with E-state index in [9.17, 15) is 5.26 Å². The highest BCUT2D eigenvalue weighted by molar-refractivity contribution is 6.12. The first-order valence-electron chi connectivity index (χ1n) is 15.9. The molecule has 0 aliphatic carbocycles. The largest absolute Gasteiger partial charge is 0.309 e. The summed E-state index contributed by atoms with van der Waals surface area (Å²) in [5.74, 6) is 0. The zero-order valence-corrected chi connectivity index (χ0v) is 25.8. The summed E-state index contributed by atoms with van der Waals surface area (Å²) in [6, 6.07) is 56.7. The Morgan fingerprint density at radius 2 is 1.08 bits per heavy atom. The van der Waals surface area contributed by atoms with Crippen molar-refractivity contribution in [3.05, 3.63) is 175 Å². The number of hydrogen-bond donors (Lipinski definition) is 0. The first kappa shape index (κ1) is 27.4. The number of hydrogen-bond acceptors (Lipinski definition) is 1. The van der Waals surface area contributed by atoms with Crippen molar-refractivity contribution in [3.8, 4) is 39.7 Å². The van der Waals surface area contributed by atoms with Crippen LogP contribution in [0.1, 0.15) is 5.56 Å². The zero-order chi connectivity index (χ0) is 32.2. The Morgan fingerprint density at radius 1 is 0.500 bits per heavy atom. The third-order valence-electron chi connectivity index (χ3n) is 9.38. The van der Waals surface area contributed by atoms with E-state index in [-0.39, 0.29) is 0 Å². The van der Waals surface area contributed by atoms with Gasteiger partial charge >= 0.3 is 0 Å². The third-order valence-corrected chi connectivity index (χ3v) is 9.38. The zero-order valence-electron chi connectivity index (χ0n) is 25.8. The lowest BCUT2D eigenvalue weighted by atomic mass is 9.93. The van der Waals surface area contributed by atoms with Crippen LogP contribution in [0.15, 0.2) is 158 Å². The van der Waals surface area contributed by atoms with E-state index >= 15 is 0 Å². The van der Waals surface area contributed by atoms with E-state index in [0.717, 1.165) is 55.4 Å². The molecule has 0 aliphatic heterocycles. The molecule has 2 aromatic heterocycles. The fourth-order valence-corrected chi connectivity index (χ4v) is 7.34. The van der Waals surface area contributed by atoms with E-state index < -0.39 is 0 Å². The topological polar surface area (TPSA) is 38.0 Å². The maximum atomic E-state index is 10.2. The minimum atomic E-state index is 0.542. The number of aromatic nitrogens is 2. The molecular weight excluding hydrogens is 585 g/mol. The molecule has 48 heavy (non-hydrogen) atoms. The summed E-state index contributed by atoms with van der Waals surface area (Å²) in [6.45, 7) is 7.89. The fourth-order valence-electron chi connectivity index (χ4n) is 7.34. The second-order valence-electron chi connectivity index (χ2n) is 11.9. The van der Waals surface area contributed by atoms with E-state index in [1.165, 1.54) is 21.8 Å². The number of rotatable bonds is 4. The van der Waals surface area contributed by atoms with Crippen LogP contribution in [0.5, 0.6) is 0 Å². The molecule has 0 aliphatic rings. The van der Waals surface area contributed by atoms with Gasteiger partial charge in [-0.25, -0.2) is 4.85 Å². The van der Waals surface area contributed by atoms with Gasteiger partial charge in [0, 0.05) is 38.5 Å². The number of nitrogens with zero attached hydrogens (tertiary/aromatic N) is 4. The Hall–Kier alpha value is -6.88. The Balaban J connectivity index is 1.30. The highest BCUT2D eigenvalue weighted by Crippen LogP contribution is 2.42. The fraction of sp³-hybridized carbons (Fsp3) is 0. The maximum absolute atomic E-state index is 10.2. The molecule has 9 aromatic rings.